The molecule has 0 atom stereocenters. The minimum absolute atomic E-state index is 0.738. The molecule has 2 aliphatic heterocycles. The van der Waals surface area contributed by atoms with Gasteiger partial charge in [-0.05, 0) is 100 Å². The Morgan fingerprint density at radius 2 is 1.06 bits per heavy atom. The van der Waals surface area contributed by atoms with E-state index >= 15 is 0 Å². The van der Waals surface area contributed by atoms with Crippen LogP contribution in [0.2, 0.25) is 38.3 Å². The predicted molar refractivity (Wildman–Crippen MR) is 147 cm³/mol. The Morgan fingerprint density at radius 1 is 0.629 bits per heavy atom. The van der Waals surface area contributed by atoms with Gasteiger partial charge in [-0.3, -0.25) is 0 Å². The third-order valence-electron chi connectivity index (χ3n) is 6.57. The first-order valence-corrected chi connectivity index (χ1v) is 19.6. The Bertz CT molecular complexity index is 953. The lowest BCUT2D eigenvalue weighted by Gasteiger charge is -2.34. The molecule has 2 aromatic carbocycles. The summed E-state index contributed by atoms with van der Waals surface area (Å²) < 4.78 is 29.8. The van der Waals surface area contributed by atoms with Crippen LogP contribution in [0.3, 0.4) is 0 Å². The first-order chi connectivity index (χ1) is 16.7. The lowest BCUT2D eigenvalue weighted by Crippen LogP contribution is -2.44. The number of benzene rings is 2. The van der Waals surface area contributed by atoms with Gasteiger partial charge in [0, 0.05) is 0 Å². The topological polar surface area (TPSA) is 52.8 Å². The fourth-order valence-electron chi connectivity index (χ4n) is 4.86. The number of fused-ring (bicyclic) bond motifs is 2. The van der Waals surface area contributed by atoms with E-state index in [1.54, 1.807) is 0 Å². The van der Waals surface area contributed by atoms with Gasteiger partial charge >= 0.3 is 0 Å². The summed E-state index contributed by atoms with van der Waals surface area (Å²) in [5, 5.41) is 0. The standard InChI is InChI=1S/C28H42O5Si2/c1-7-17-29-23-15-13-21(25-27(23)31-25)11-9-19-34(3,4)33-35(5,6)20-10-12-22-14-16-24(30-18-8-2)28-26(22)32-28/h13-16H,7-12,17-20H2,1-6H3. The highest BCUT2D eigenvalue weighted by Crippen LogP contribution is 2.56. The summed E-state index contributed by atoms with van der Waals surface area (Å²) in [5.41, 5.74) is 2.61. The van der Waals surface area contributed by atoms with Gasteiger partial charge in [-0.15, -0.1) is 0 Å². The van der Waals surface area contributed by atoms with Crippen molar-refractivity contribution in [2.45, 2.75) is 90.6 Å². The lowest BCUT2D eigenvalue weighted by atomic mass is 10.1. The van der Waals surface area contributed by atoms with Crippen molar-refractivity contribution in [2.24, 2.45) is 0 Å². The van der Waals surface area contributed by atoms with E-state index in [9.17, 15) is 0 Å². The highest BCUT2D eigenvalue weighted by molar-refractivity contribution is 6.84. The molecule has 0 amide bonds. The molecule has 0 aliphatic carbocycles. The normalized spacial score (nSPS) is 13.4. The molecule has 2 aromatic rings. The molecule has 0 fully saturated rings. The maximum absolute atomic E-state index is 6.89. The zero-order chi connectivity index (χ0) is 25.1. The summed E-state index contributed by atoms with van der Waals surface area (Å²) in [7, 11) is -3.43. The summed E-state index contributed by atoms with van der Waals surface area (Å²) in [6.45, 7) is 15.2. The molecule has 5 nitrogen and oxygen atoms in total. The van der Waals surface area contributed by atoms with Gasteiger partial charge in [0.05, 0.1) is 13.2 Å². The molecule has 0 radical (unpaired) electrons. The Labute approximate surface area is 213 Å². The molecule has 0 bridgehead atoms. The number of aryl methyl sites for hydroxylation is 2. The van der Waals surface area contributed by atoms with E-state index in [2.05, 4.69) is 64.3 Å². The van der Waals surface area contributed by atoms with Crippen LogP contribution >= 0.6 is 0 Å². The smallest absolute Gasteiger partial charge is 0.212 e. The van der Waals surface area contributed by atoms with Crippen molar-refractivity contribution in [3.63, 3.8) is 0 Å². The monoisotopic (exact) mass is 514 g/mol. The second-order valence-corrected chi connectivity index (χ2v) is 19.8. The van der Waals surface area contributed by atoms with E-state index < -0.39 is 16.6 Å². The van der Waals surface area contributed by atoms with Crippen LogP contribution in [0.15, 0.2) is 24.3 Å². The van der Waals surface area contributed by atoms with E-state index in [1.165, 1.54) is 23.2 Å². The van der Waals surface area contributed by atoms with E-state index in [-0.39, 0.29) is 0 Å². The molecule has 7 heteroatoms. The van der Waals surface area contributed by atoms with Crippen molar-refractivity contribution in [3.8, 4) is 34.5 Å². The second kappa shape index (κ2) is 11.0. The number of hydrogen-bond donors (Lipinski definition) is 0. The lowest BCUT2D eigenvalue weighted by molar-refractivity contribution is 0.314. The zero-order valence-electron chi connectivity index (χ0n) is 22.4. The Balaban J connectivity index is 1.19. The molecular formula is C28H42O5Si2. The molecule has 0 saturated heterocycles. The first-order valence-electron chi connectivity index (χ1n) is 13.4. The molecule has 0 spiro atoms. The van der Waals surface area contributed by atoms with Gasteiger partial charge in [-0.1, -0.05) is 26.0 Å². The molecule has 0 unspecified atom stereocenters. The highest BCUT2D eigenvalue weighted by atomic mass is 28.4. The Morgan fingerprint density at radius 3 is 1.46 bits per heavy atom. The van der Waals surface area contributed by atoms with Crippen LogP contribution in [0.25, 0.3) is 0 Å². The van der Waals surface area contributed by atoms with Gasteiger partial charge in [0.2, 0.25) is 11.5 Å². The molecule has 35 heavy (non-hydrogen) atoms. The molecule has 2 aliphatic rings. The summed E-state index contributed by atoms with van der Waals surface area (Å²) >= 11 is 0. The third kappa shape index (κ3) is 7.05. The Hall–Kier alpha value is -1.97. The van der Waals surface area contributed by atoms with Crippen LogP contribution in [0.1, 0.15) is 50.7 Å². The second-order valence-electron chi connectivity index (χ2n) is 11.0. The SMILES string of the molecule is CCCOc1ccc(CCC[Si](C)(C)O[Si](C)(C)CCCc2ccc(OCCC)c3c2O3)c2c1O2. The van der Waals surface area contributed by atoms with Gasteiger partial charge in [0.25, 0.3) is 0 Å². The molecule has 0 aromatic heterocycles. The highest BCUT2D eigenvalue weighted by Gasteiger charge is 2.34. The minimum Gasteiger partial charge on any atom is -0.490 e. The fraction of sp³-hybridized carbons (Fsp3) is 0.571. The largest absolute Gasteiger partial charge is 0.490 e. The van der Waals surface area contributed by atoms with Crippen molar-refractivity contribution >= 4 is 16.6 Å². The minimum atomic E-state index is -1.72. The molecule has 192 valence electrons. The van der Waals surface area contributed by atoms with Crippen LogP contribution < -0.4 is 18.9 Å². The number of rotatable bonds is 16. The van der Waals surface area contributed by atoms with Crippen LogP contribution in [-0.2, 0) is 17.0 Å². The third-order valence-corrected chi connectivity index (χ3v) is 14.1. The predicted octanol–water partition coefficient (Wildman–Crippen LogP) is 8.47. The van der Waals surface area contributed by atoms with Gasteiger partial charge in [-0.25, -0.2) is 0 Å². The summed E-state index contributed by atoms with van der Waals surface area (Å²) in [6.07, 6.45) is 6.39. The van der Waals surface area contributed by atoms with E-state index in [0.29, 0.717) is 0 Å². The summed E-state index contributed by atoms with van der Waals surface area (Å²) in [6, 6.07) is 10.8. The fourth-order valence-corrected chi connectivity index (χ4v) is 13.7. The van der Waals surface area contributed by atoms with Crippen molar-refractivity contribution in [1.82, 2.24) is 0 Å². The maximum Gasteiger partial charge on any atom is 0.212 e. The van der Waals surface area contributed by atoms with Gasteiger partial charge < -0.3 is 23.1 Å². The number of hydrogen-bond acceptors (Lipinski definition) is 5. The maximum atomic E-state index is 6.89. The zero-order valence-corrected chi connectivity index (χ0v) is 24.4. The molecule has 0 saturated carbocycles. The van der Waals surface area contributed by atoms with Gasteiger partial charge in [-0.2, -0.15) is 0 Å². The summed E-state index contributed by atoms with van der Waals surface area (Å²) in [4.78, 5) is 0. The van der Waals surface area contributed by atoms with Gasteiger partial charge in [0.15, 0.2) is 39.6 Å². The number of ether oxygens (including phenoxy) is 4. The average Bonchev–Trinajstić information content (AvgIpc) is 3.70. The molecule has 4 rings (SSSR count). The van der Waals surface area contributed by atoms with Crippen LogP contribution in [0.4, 0.5) is 0 Å². The van der Waals surface area contributed by atoms with Gasteiger partial charge in [0.1, 0.15) is 0 Å². The Kier molecular flexibility index (Phi) is 8.18. The first kappa shape index (κ1) is 26.1. The van der Waals surface area contributed by atoms with Crippen LogP contribution in [0.5, 0.6) is 34.5 Å². The molecule has 2 heterocycles. The van der Waals surface area contributed by atoms with Crippen molar-refractivity contribution in [1.29, 1.82) is 0 Å². The quantitative estimate of drug-likeness (QED) is 0.111. The van der Waals surface area contributed by atoms with Crippen LogP contribution in [0, 0.1) is 0 Å². The van der Waals surface area contributed by atoms with E-state index in [0.717, 1.165) is 86.2 Å². The average molecular weight is 515 g/mol. The van der Waals surface area contributed by atoms with E-state index in [4.69, 9.17) is 23.1 Å². The molecular weight excluding hydrogens is 472 g/mol. The van der Waals surface area contributed by atoms with Crippen molar-refractivity contribution in [3.05, 3.63) is 35.4 Å². The van der Waals surface area contributed by atoms with Crippen molar-refractivity contribution < 1.29 is 23.1 Å². The van der Waals surface area contributed by atoms with E-state index in [1.807, 2.05) is 0 Å². The van der Waals surface area contributed by atoms with Crippen molar-refractivity contribution in [2.75, 3.05) is 13.2 Å². The van der Waals surface area contributed by atoms with Crippen LogP contribution in [-0.4, -0.2) is 29.8 Å². The molecule has 0 N–H and O–H groups in total. The summed E-state index contributed by atoms with van der Waals surface area (Å²) in [5.74, 6) is 5.77.